The van der Waals surface area contributed by atoms with Gasteiger partial charge in [0.05, 0.1) is 12.1 Å². The highest BCUT2D eigenvalue weighted by atomic mass is 16.2. The maximum atomic E-state index is 13.9. The molecule has 6 rings (SSSR count). The fourth-order valence-corrected chi connectivity index (χ4v) is 6.01. The fourth-order valence-electron chi connectivity index (χ4n) is 6.01. The van der Waals surface area contributed by atoms with Crippen LogP contribution in [0.25, 0.3) is 10.9 Å². The number of amides is 1. The van der Waals surface area contributed by atoms with E-state index in [0.29, 0.717) is 0 Å². The molecule has 1 amide bonds. The molecule has 0 radical (unpaired) electrons. The summed E-state index contributed by atoms with van der Waals surface area (Å²) in [6.45, 7) is 5.55. The number of aryl methyl sites for hydroxylation is 1. The molecule has 4 aromatic rings. The lowest BCUT2D eigenvalue weighted by atomic mass is 9.91. The number of carbonyl (C=O) groups excluding carboxylic acids is 1. The third kappa shape index (κ3) is 4.81. The Labute approximate surface area is 218 Å². The molecule has 2 aliphatic rings. The molecule has 2 aliphatic heterocycles. The highest BCUT2D eigenvalue weighted by Gasteiger charge is 2.37. The number of aromatic nitrogens is 1. The molecular formula is C31H35N5O. The first kappa shape index (κ1) is 23.6. The quantitative estimate of drug-likeness (QED) is 0.355. The second-order valence-corrected chi connectivity index (χ2v) is 10.3. The molecule has 1 aromatic heterocycles. The van der Waals surface area contributed by atoms with E-state index in [2.05, 4.69) is 93.0 Å². The van der Waals surface area contributed by atoms with Gasteiger partial charge in [-0.2, -0.15) is 0 Å². The maximum Gasteiger partial charge on any atom is 0.239 e. The first-order valence-corrected chi connectivity index (χ1v) is 13.4. The second-order valence-electron chi connectivity index (χ2n) is 10.3. The molecule has 3 aromatic carbocycles. The van der Waals surface area contributed by atoms with Crippen LogP contribution in [0.15, 0.2) is 85.1 Å². The number of fused-ring (bicyclic) bond motifs is 2. The van der Waals surface area contributed by atoms with Gasteiger partial charge in [-0.3, -0.25) is 9.69 Å². The van der Waals surface area contributed by atoms with Gasteiger partial charge in [-0.1, -0.05) is 54.6 Å². The zero-order valence-electron chi connectivity index (χ0n) is 21.4. The number of carbonyl (C=O) groups is 1. The van der Waals surface area contributed by atoms with E-state index in [9.17, 15) is 4.79 Å². The number of nitrogens with zero attached hydrogens (tertiary/aromatic N) is 2. The summed E-state index contributed by atoms with van der Waals surface area (Å²) >= 11 is 0. The van der Waals surface area contributed by atoms with Gasteiger partial charge in [0.1, 0.15) is 6.04 Å². The Morgan fingerprint density at radius 2 is 1.70 bits per heavy atom. The van der Waals surface area contributed by atoms with Crippen LogP contribution in [0.1, 0.15) is 30.5 Å². The average molecular weight is 494 g/mol. The van der Waals surface area contributed by atoms with E-state index in [1.807, 2.05) is 24.4 Å². The summed E-state index contributed by atoms with van der Waals surface area (Å²) in [5.41, 5.74) is 6.05. The Bertz CT molecular complexity index is 1360. The van der Waals surface area contributed by atoms with Crippen molar-refractivity contribution in [3.63, 3.8) is 0 Å². The largest absolute Gasteiger partial charge is 0.380 e. The monoisotopic (exact) mass is 493 g/mol. The lowest BCUT2D eigenvalue weighted by Crippen LogP contribution is -2.61. The molecule has 3 heterocycles. The van der Waals surface area contributed by atoms with Crippen LogP contribution in [0.5, 0.6) is 0 Å². The van der Waals surface area contributed by atoms with Crippen molar-refractivity contribution in [3.05, 3.63) is 96.2 Å². The summed E-state index contributed by atoms with van der Waals surface area (Å²) in [6, 6.07) is 27.1. The Morgan fingerprint density at radius 3 is 2.54 bits per heavy atom. The van der Waals surface area contributed by atoms with Gasteiger partial charge in [0.15, 0.2) is 0 Å². The number of rotatable bonds is 6. The van der Waals surface area contributed by atoms with Crippen molar-refractivity contribution in [2.75, 3.05) is 36.4 Å². The van der Waals surface area contributed by atoms with E-state index in [4.69, 9.17) is 0 Å². The maximum absolute atomic E-state index is 13.9. The Kier molecular flexibility index (Phi) is 6.58. The van der Waals surface area contributed by atoms with Crippen LogP contribution in [0.3, 0.4) is 0 Å². The van der Waals surface area contributed by atoms with Crippen molar-refractivity contribution < 1.29 is 4.79 Å². The number of benzene rings is 3. The van der Waals surface area contributed by atoms with Gasteiger partial charge in [0, 0.05) is 54.7 Å². The van der Waals surface area contributed by atoms with Crippen molar-refractivity contribution in [3.8, 4) is 0 Å². The molecule has 3 N–H and O–H groups in total. The van der Waals surface area contributed by atoms with Gasteiger partial charge in [-0.15, -0.1) is 0 Å². The van der Waals surface area contributed by atoms with Crippen LogP contribution in [-0.2, 0) is 11.2 Å². The van der Waals surface area contributed by atoms with Crippen LogP contribution < -0.4 is 15.5 Å². The van der Waals surface area contributed by atoms with Gasteiger partial charge in [0.25, 0.3) is 0 Å². The van der Waals surface area contributed by atoms with Crippen LogP contribution in [0.4, 0.5) is 11.4 Å². The third-order valence-corrected chi connectivity index (χ3v) is 8.01. The topological polar surface area (TPSA) is 63.4 Å². The number of anilines is 2. The van der Waals surface area contributed by atoms with Crippen LogP contribution in [0, 0.1) is 0 Å². The average Bonchev–Trinajstić information content (AvgIpc) is 3.43. The molecular weight excluding hydrogens is 458 g/mol. The van der Waals surface area contributed by atoms with Crippen LogP contribution in [0.2, 0.25) is 0 Å². The zero-order valence-corrected chi connectivity index (χ0v) is 21.4. The second kappa shape index (κ2) is 10.3. The van der Waals surface area contributed by atoms with Gasteiger partial charge in [0.2, 0.25) is 5.91 Å². The number of hydrogen-bond donors (Lipinski definition) is 3. The number of hydrogen-bond acceptors (Lipinski definition) is 4. The van der Waals surface area contributed by atoms with E-state index in [1.165, 1.54) is 16.6 Å². The molecule has 3 atom stereocenters. The minimum atomic E-state index is -0.232. The summed E-state index contributed by atoms with van der Waals surface area (Å²) in [7, 11) is 0. The van der Waals surface area contributed by atoms with Crippen molar-refractivity contribution in [1.29, 1.82) is 0 Å². The van der Waals surface area contributed by atoms with E-state index in [-0.39, 0.29) is 24.0 Å². The van der Waals surface area contributed by atoms with Crippen molar-refractivity contribution in [2.45, 2.75) is 37.9 Å². The highest BCUT2D eigenvalue weighted by Crippen LogP contribution is 2.30. The van der Waals surface area contributed by atoms with Gasteiger partial charge < -0.3 is 20.5 Å². The molecule has 1 fully saturated rings. The van der Waals surface area contributed by atoms with Gasteiger partial charge in [-0.25, -0.2) is 0 Å². The first-order valence-electron chi connectivity index (χ1n) is 13.4. The Hall–Kier alpha value is -3.77. The molecule has 0 aliphatic carbocycles. The minimum Gasteiger partial charge on any atom is -0.380 e. The van der Waals surface area contributed by atoms with Crippen molar-refractivity contribution >= 4 is 28.2 Å². The lowest BCUT2D eigenvalue weighted by Gasteiger charge is -2.44. The number of piperazine rings is 1. The highest BCUT2D eigenvalue weighted by molar-refractivity contribution is 5.92. The number of nitrogens with one attached hydrogen (secondary N) is 3. The molecule has 2 unspecified atom stereocenters. The van der Waals surface area contributed by atoms with E-state index in [1.54, 1.807) is 0 Å². The van der Waals surface area contributed by atoms with Gasteiger partial charge in [-0.05, 0) is 55.2 Å². The molecule has 1 saturated heterocycles. The first-order chi connectivity index (χ1) is 18.2. The summed E-state index contributed by atoms with van der Waals surface area (Å²) in [5.74, 6) is 0.106. The lowest BCUT2D eigenvalue weighted by molar-refractivity contribution is -0.128. The molecule has 6 heteroatoms. The SMILES string of the molecule is C[C@@H](NC(=O)C(C1CCc2ccccc2N1)N1CCN(c2cccc3[nH]ccc23)CC1)c1ccccc1. The summed E-state index contributed by atoms with van der Waals surface area (Å²) in [5, 5.41) is 8.33. The van der Waals surface area contributed by atoms with Gasteiger partial charge >= 0.3 is 0 Å². The third-order valence-electron chi connectivity index (χ3n) is 8.01. The predicted molar refractivity (Wildman–Crippen MR) is 151 cm³/mol. The van der Waals surface area contributed by atoms with E-state index < -0.39 is 0 Å². The molecule has 6 nitrogen and oxygen atoms in total. The Morgan fingerprint density at radius 1 is 0.919 bits per heavy atom. The minimum absolute atomic E-state index is 0.0421. The molecule has 190 valence electrons. The van der Waals surface area contributed by atoms with Crippen LogP contribution >= 0.6 is 0 Å². The molecule has 0 spiro atoms. The number of H-pyrrole nitrogens is 1. The smallest absolute Gasteiger partial charge is 0.239 e. The van der Waals surface area contributed by atoms with Crippen molar-refractivity contribution in [2.24, 2.45) is 0 Å². The zero-order chi connectivity index (χ0) is 25.2. The molecule has 0 saturated carbocycles. The summed E-state index contributed by atoms with van der Waals surface area (Å²) in [4.78, 5) is 22.1. The predicted octanol–water partition coefficient (Wildman–Crippen LogP) is 4.96. The fraction of sp³-hybridized carbons (Fsp3) is 0.323. The summed E-state index contributed by atoms with van der Waals surface area (Å²) < 4.78 is 0. The van der Waals surface area contributed by atoms with Crippen LogP contribution in [-0.4, -0.2) is 54.1 Å². The van der Waals surface area contributed by atoms with E-state index in [0.717, 1.165) is 55.8 Å². The molecule has 37 heavy (non-hydrogen) atoms. The Balaban J connectivity index is 1.22. The van der Waals surface area contributed by atoms with E-state index >= 15 is 0 Å². The number of aromatic amines is 1. The normalized spacial score (nSPS) is 19.6. The summed E-state index contributed by atoms with van der Waals surface area (Å²) in [6.07, 6.45) is 3.93. The number of para-hydroxylation sites is 1. The molecule has 0 bridgehead atoms. The van der Waals surface area contributed by atoms with Crippen molar-refractivity contribution in [1.82, 2.24) is 15.2 Å². The standard InChI is InChI=1S/C31H35N5O/c1-22(23-8-3-2-4-9-23)33-31(37)30(28-15-14-24-10-5-6-11-26(24)34-28)36-20-18-35(19-21-36)29-13-7-12-27-25(29)16-17-32-27/h2-13,16-17,22,28,30,32,34H,14-15,18-21H2,1H3,(H,33,37)/t22-,28?,30?/m1/s1.